The molecule has 0 aliphatic carbocycles. The SMILES string of the molecule is COc1ccc(Nc2nnc(CN)o2)cc1Cl. The number of methoxy groups -OCH3 is 1. The van der Waals surface area contributed by atoms with Gasteiger partial charge in [0, 0.05) is 5.69 Å². The molecule has 17 heavy (non-hydrogen) atoms. The maximum absolute atomic E-state index is 5.98. The van der Waals surface area contributed by atoms with Crippen molar-refractivity contribution in [2.24, 2.45) is 5.73 Å². The van der Waals surface area contributed by atoms with Gasteiger partial charge in [0.2, 0.25) is 5.89 Å². The summed E-state index contributed by atoms with van der Waals surface area (Å²) in [7, 11) is 1.56. The van der Waals surface area contributed by atoms with E-state index in [1.54, 1.807) is 25.3 Å². The van der Waals surface area contributed by atoms with Crippen molar-refractivity contribution in [2.75, 3.05) is 12.4 Å². The van der Waals surface area contributed by atoms with Gasteiger partial charge < -0.3 is 20.2 Å². The Balaban J connectivity index is 2.15. The van der Waals surface area contributed by atoms with Crippen molar-refractivity contribution in [3.8, 4) is 5.75 Å². The van der Waals surface area contributed by atoms with E-state index in [-0.39, 0.29) is 12.6 Å². The van der Waals surface area contributed by atoms with Gasteiger partial charge in [-0.1, -0.05) is 16.7 Å². The fraction of sp³-hybridized carbons (Fsp3) is 0.200. The van der Waals surface area contributed by atoms with Crippen LogP contribution in [0.5, 0.6) is 5.75 Å². The minimum Gasteiger partial charge on any atom is -0.495 e. The first-order valence-corrected chi connectivity index (χ1v) is 5.23. The van der Waals surface area contributed by atoms with Gasteiger partial charge in [-0.2, -0.15) is 0 Å². The molecule has 1 aromatic carbocycles. The fourth-order valence-electron chi connectivity index (χ4n) is 1.25. The van der Waals surface area contributed by atoms with E-state index in [4.69, 9.17) is 26.5 Å². The summed E-state index contributed by atoms with van der Waals surface area (Å²) in [6.45, 7) is 0.206. The minimum absolute atomic E-state index is 0.206. The Kier molecular flexibility index (Phi) is 3.46. The molecule has 2 rings (SSSR count). The molecule has 90 valence electrons. The second-order valence-corrected chi connectivity index (χ2v) is 3.59. The highest BCUT2D eigenvalue weighted by Crippen LogP contribution is 2.28. The lowest BCUT2D eigenvalue weighted by atomic mass is 10.3. The van der Waals surface area contributed by atoms with Crippen molar-refractivity contribution >= 4 is 23.3 Å². The van der Waals surface area contributed by atoms with Gasteiger partial charge >= 0.3 is 6.01 Å². The van der Waals surface area contributed by atoms with E-state index in [2.05, 4.69) is 15.5 Å². The van der Waals surface area contributed by atoms with Gasteiger partial charge in [-0.05, 0) is 18.2 Å². The van der Waals surface area contributed by atoms with Gasteiger partial charge in [0.05, 0.1) is 18.7 Å². The summed E-state index contributed by atoms with van der Waals surface area (Å²) in [5.41, 5.74) is 6.08. The molecule has 0 bridgehead atoms. The first-order valence-electron chi connectivity index (χ1n) is 4.86. The lowest BCUT2D eigenvalue weighted by Crippen LogP contribution is -1.95. The summed E-state index contributed by atoms with van der Waals surface area (Å²) >= 11 is 5.98. The largest absolute Gasteiger partial charge is 0.495 e. The maximum Gasteiger partial charge on any atom is 0.320 e. The van der Waals surface area contributed by atoms with Crippen LogP contribution in [0, 0.1) is 0 Å². The minimum atomic E-state index is 0.206. The van der Waals surface area contributed by atoms with Crippen molar-refractivity contribution in [3.05, 3.63) is 29.1 Å². The highest BCUT2D eigenvalue weighted by Gasteiger charge is 2.06. The standard InChI is InChI=1S/C10H11ClN4O2/c1-16-8-3-2-6(4-7(8)11)13-10-15-14-9(5-12)17-10/h2-4H,5,12H2,1H3,(H,13,15). The van der Waals surface area contributed by atoms with Crippen LogP contribution in [-0.2, 0) is 6.54 Å². The number of aromatic nitrogens is 2. The molecule has 0 radical (unpaired) electrons. The van der Waals surface area contributed by atoms with Crippen LogP contribution >= 0.6 is 11.6 Å². The van der Waals surface area contributed by atoms with Crippen molar-refractivity contribution in [1.82, 2.24) is 10.2 Å². The normalized spacial score (nSPS) is 10.3. The van der Waals surface area contributed by atoms with Crippen molar-refractivity contribution in [2.45, 2.75) is 6.54 Å². The van der Waals surface area contributed by atoms with Gasteiger partial charge in [0.15, 0.2) is 0 Å². The van der Waals surface area contributed by atoms with Crippen LogP contribution in [0.3, 0.4) is 0 Å². The van der Waals surface area contributed by atoms with E-state index in [0.29, 0.717) is 16.7 Å². The van der Waals surface area contributed by atoms with E-state index in [0.717, 1.165) is 5.69 Å². The molecule has 0 spiro atoms. The molecule has 2 aromatic rings. The zero-order valence-corrected chi connectivity index (χ0v) is 9.86. The molecular formula is C10H11ClN4O2. The number of nitrogens with one attached hydrogen (secondary N) is 1. The summed E-state index contributed by atoms with van der Waals surface area (Å²) in [6, 6.07) is 5.50. The predicted molar refractivity (Wildman–Crippen MR) is 63.5 cm³/mol. The number of hydrogen-bond donors (Lipinski definition) is 2. The molecule has 0 aliphatic heterocycles. The zero-order valence-electron chi connectivity index (χ0n) is 9.11. The Labute approximate surface area is 103 Å². The summed E-state index contributed by atoms with van der Waals surface area (Å²) in [4.78, 5) is 0. The molecule has 0 amide bonds. The van der Waals surface area contributed by atoms with Crippen LogP contribution < -0.4 is 15.8 Å². The average Bonchev–Trinajstić information content (AvgIpc) is 2.77. The van der Waals surface area contributed by atoms with E-state index in [1.165, 1.54) is 0 Å². The summed E-state index contributed by atoms with van der Waals surface area (Å²) in [5, 5.41) is 10.9. The highest BCUT2D eigenvalue weighted by atomic mass is 35.5. The monoisotopic (exact) mass is 254 g/mol. The lowest BCUT2D eigenvalue weighted by Gasteiger charge is -2.05. The fourth-order valence-corrected chi connectivity index (χ4v) is 1.51. The van der Waals surface area contributed by atoms with Crippen LogP contribution in [0.2, 0.25) is 5.02 Å². The molecule has 0 aliphatic rings. The number of rotatable bonds is 4. The summed E-state index contributed by atoms with van der Waals surface area (Å²) in [6.07, 6.45) is 0. The third-order valence-corrected chi connectivity index (χ3v) is 2.34. The Bertz CT molecular complexity index is 515. The third-order valence-electron chi connectivity index (χ3n) is 2.04. The molecule has 0 unspecified atom stereocenters. The first-order chi connectivity index (χ1) is 8.22. The zero-order chi connectivity index (χ0) is 12.3. The van der Waals surface area contributed by atoms with E-state index >= 15 is 0 Å². The van der Waals surface area contributed by atoms with E-state index in [9.17, 15) is 0 Å². The topological polar surface area (TPSA) is 86.2 Å². The number of ether oxygens (including phenoxy) is 1. The van der Waals surface area contributed by atoms with Crippen LogP contribution in [0.25, 0.3) is 0 Å². The second kappa shape index (κ2) is 5.03. The third kappa shape index (κ3) is 2.66. The number of nitrogens with two attached hydrogens (primary N) is 1. The number of hydrogen-bond acceptors (Lipinski definition) is 6. The van der Waals surface area contributed by atoms with Gasteiger partial charge in [-0.25, -0.2) is 0 Å². The molecule has 1 aromatic heterocycles. The second-order valence-electron chi connectivity index (χ2n) is 3.18. The molecule has 1 heterocycles. The van der Waals surface area contributed by atoms with E-state index < -0.39 is 0 Å². The number of anilines is 2. The molecular weight excluding hydrogens is 244 g/mol. The smallest absolute Gasteiger partial charge is 0.320 e. The lowest BCUT2D eigenvalue weighted by molar-refractivity contribution is 0.415. The van der Waals surface area contributed by atoms with Crippen LogP contribution in [-0.4, -0.2) is 17.3 Å². The molecule has 0 saturated heterocycles. The van der Waals surface area contributed by atoms with Crippen LogP contribution in [0.15, 0.2) is 22.6 Å². The van der Waals surface area contributed by atoms with E-state index in [1.807, 2.05) is 0 Å². The Hall–Kier alpha value is -1.79. The molecule has 6 nitrogen and oxygen atoms in total. The average molecular weight is 255 g/mol. The van der Waals surface area contributed by atoms with Crippen molar-refractivity contribution in [3.63, 3.8) is 0 Å². The van der Waals surface area contributed by atoms with Gasteiger partial charge in [0.25, 0.3) is 0 Å². The molecule has 0 saturated carbocycles. The predicted octanol–water partition coefficient (Wildman–Crippen LogP) is 1.93. The van der Waals surface area contributed by atoms with Crippen LogP contribution in [0.4, 0.5) is 11.7 Å². The first kappa shape index (κ1) is 11.7. The summed E-state index contributed by atoms with van der Waals surface area (Å²) < 4.78 is 10.2. The summed E-state index contributed by atoms with van der Waals surface area (Å²) in [5.74, 6) is 0.970. The Morgan fingerprint density at radius 2 is 2.29 bits per heavy atom. The Morgan fingerprint density at radius 3 is 2.88 bits per heavy atom. The molecule has 3 N–H and O–H groups in total. The molecule has 0 fully saturated rings. The Morgan fingerprint density at radius 1 is 1.47 bits per heavy atom. The highest BCUT2D eigenvalue weighted by molar-refractivity contribution is 6.32. The van der Waals surface area contributed by atoms with Crippen molar-refractivity contribution in [1.29, 1.82) is 0 Å². The van der Waals surface area contributed by atoms with Gasteiger partial charge in [-0.15, -0.1) is 5.10 Å². The van der Waals surface area contributed by atoms with Crippen LogP contribution in [0.1, 0.15) is 5.89 Å². The van der Waals surface area contributed by atoms with Gasteiger partial charge in [0.1, 0.15) is 5.75 Å². The maximum atomic E-state index is 5.98. The number of nitrogens with zero attached hydrogens (tertiary/aromatic N) is 2. The molecule has 7 heteroatoms. The van der Waals surface area contributed by atoms with Gasteiger partial charge in [-0.3, -0.25) is 0 Å². The number of halogens is 1. The van der Waals surface area contributed by atoms with Crippen molar-refractivity contribution < 1.29 is 9.15 Å². The number of benzene rings is 1. The quantitative estimate of drug-likeness (QED) is 0.867. The molecule has 0 atom stereocenters.